The lowest BCUT2D eigenvalue weighted by atomic mass is 9.76. The minimum Gasteiger partial charge on any atom is -0.338 e. The van der Waals surface area contributed by atoms with Crippen LogP contribution < -0.4 is 0 Å². The fraction of sp³-hybridized carbons (Fsp3) is 0.353. The number of hydrogen-bond acceptors (Lipinski definition) is 1. The van der Waals surface area contributed by atoms with Crippen LogP contribution in [0.5, 0.6) is 0 Å². The minimum absolute atomic E-state index is 0.0615. The molecule has 1 aliphatic carbocycles. The van der Waals surface area contributed by atoms with Crippen LogP contribution in [0.3, 0.4) is 0 Å². The van der Waals surface area contributed by atoms with Crippen LogP contribution in [0.15, 0.2) is 43.0 Å². The molecule has 1 aromatic carbocycles. The van der Waals surface area contributed by atoms with Gasteiger partial charge in [0.2, 0.25) is 5.91 Å². The smallest absolute Gasteiger partial charge is 0.338 e. The van der Waals surface area contributed by atoms with Crippen LogP contribution in [-0.2, 0) is 11.0 Å². The van der Waals surface area contributed by atoms with Crippen molar-refractivity contribution in [1.82, 2.24) is 4.90 Å². The van der Waals surface area contributed by atoms with Crippen molar-refractivity contribution in [3.05, 3.63) is 54.1 Å². The number of benzene rings is 1. The number of nitrogens with zero attached hydrogens (tertiary/aromatic N) is 1. The van der Waals surface area contributed by atoms with Crippen molar-refractivity contribution >= 4 is 11.5 Å². The molecule has 0 atom stereocenters. The maximum atomic E-state index is 12.6. The first-order valence-electron chi connectivity index (χ1n) is 7.11. The summed E-state index contributed by atoms with van der Waals surface area (Å²) in [6.45, 7) is 4.86. The highest BCUT2D eigenvalue weighted by Gasteiger charge is 2.46. The van der Waals surface area contributed by atoms with Gasteiger partial charge in [-0.25, -0.2) is 0 Å². The van der Waals surface area contributed by atoms with Crippen LogP contribution in [0, 0.1) is 5.41 Å². The molecule has 0 N–H and O–H groups in total. The van der Waals surface area contributed by atoms with Gasteiger partial charge < -0.3 is 4.90 Å². The Bertz CT molecular complexity index is 637. The first kappa shape index (κ1) is 14.9. The molecule has 1 spiro atoms. The fourth-order valence-corrected chi connectivity index (χ4v) is 3.27. The molecule has 0 saturated carbocycles. The molecule has 1 heterocycles. The van der Waals surface area contributed by atoms with Crippen molar-refractivity contribution in [2.24, 2.45) is 5.41 Å². The lowest BCUT2D eigenvalue weighted by Crippen LogP contribution is -2.56. The molecule has 0 aromatic heterocycles. The summed E-state index contributed by atoms with van der Waals surface area (Å²) in [7, 11) is 0. The van der Waals surface area contributed by atoms with E-state index in [9.17, 15) is 18.0 Å². The van der Waals surface area contributed by atoms with Crippen molar-refractivity contribution in [2.75, 3.05) is 13.1 Å². The minimum atomic E-state index is -4.30. The molecule has 0 radical (unpaired) electrons. The third-order valence-electron chi connectivity index (χ3n) is 4.47. The van der Waals surface area contributed by atoms with E-state index in [1.54, 1.807) is 4.90 Å². The van der Waals surface area contributed by atoms with Gasteiger partial charge in [-0.1, -0.05) is 24.8 Å². The van der Waals surface area contributed by atoms with Gasteiger partial charge in [0.15, 0.2) is 0 Å². The summed E-state index contributed by atoms with van der Waals surface area (Å²) in [5.74, 6) is -0.0615. The summed E-state index contributed by atoms with van der Waals surface area (Å²) in [5.41, 5.74) is 1.34. The average molecular weight is 307 g/mol. The van der Waals surface area contributed by atoms with Gasteiger partial charge in [-0.05, 0) is 42.2 Å². The molecule has 1 aliphatic heterocycles. The van der Waals surface area contributed by atoms with Gasteiger partial charge in [-0.15, -0.1) is 0 Å². The van der Waals surface area contributed by atoms with Crippen LogP contribution in [0.25, 0.3) is 5.57 Å². The number of carbonyl (C=O) groups is 1. The zero-order valence-corrected chi connectivity index (χ0v) is 12.0. The normalized spacial score (nSPS) is 19.8. The van der Waals surface area contributed by atoms with Crippen molar-refractivity contribution in [2.45, 2.75) is 19.0 Å². The van der Waals surface area contributed by atoms with Crippen molar-refractivity contribution < 1.29 is 18.0 Å². The Balaban J connectivity index is 1.66. The number of alkyl halides is 3. The Morgan fingerprint density at radius 2 is 1.86 bits per heavy atom. The van der Waals surface area contributed by atoms with Gasteiger partial charge in [0.25, 0.3) is 0 Å². The zero-order valence-electron chi connectivity index (χ0n) is 12.0. The van der Waals surface area contributed by atoms with Gasteiger partial charge in [0.1, 0.15) is 0 Å². The topological polar surface area (TPSA) is 20.3 Å². The van der Waals surface area contributed by atoms with E-state index in [4.69, 9.17) is 0 Å². The molecule has 5 heteroatoms. The van der Waals surface area contributed by atoms with Gasteiger partial charge in [-0.2, -0.15) is 13.2 Å². The molecule has 116 valence electrons. The highest BCUT2D eigenvalue weighted by molar-refractivity contribution is 5.88. The number of hydrogen-bond donors (Lipinski definition) is 0. The molecule has 2 aliphatic rings. The molecule has 1 amide bonds. The second-order valence-electron chi connectivity index (χ2n) is 6.08. The molecule has 2 nitrogen and oxygen atoms in total. The maximum absolute atomic E-state index is 12.6. The predicted octanol–water partition coefficient (Wildman–Crippen LogP) is 3.90. The first-order chi connectivity index (χ1) is 10.3. The standard InChI is InChI=1S/C17H16F3NO/c1-2-15(22)21-10-16(11-21)8-7-13(9-16)12-3-5-14(6-4-12)17(18,19)20/h2-7H,1,8-11H2. The van der Waals surface area contributed by atoms with Gasteiger partial charge in [0.05, 0.1) is 5.56 Å². The quantitative estimate of drug-likeness (QED) is 0.759. The van der Waals surface area contributed by atoms with Gasteiger partial charge in [0, 0.05) is 18.5 Å². The average Bonchev–Trinajstić information content (AvgIpc) is 2.89. The number of carbonyl (C=O) groups excluding carboxylic acids is 1. The number of amides is 1. The molecule has 0 bridgehead atoms. The lowest BCUT2D eigenvalue weighted by molar-refractivity contribution is -0.138. The third-order valence-corrected chi connectivity index (χ3v) is 4.47. The molecular formula is C17H16F3NO. The first-order valence-corrected chi connectivity index (χ1v) is 7.11. The van der Waals surface area contributed by atoms with Crippen molar-refractivity contribution in [1.29, 1.82) is 0 Å². The molecule has 0 unspecified atom stereocenters. The molecule has 1 fully saturated rings. The van der Waals surface area contributed by atoms with E-state index in [1.807, 2.05) is 0 Å². The number of allylic oxidation sites excluding steroid dienone is 2. The molecule has 22 heavy (non-hydrogen) atoms. The summed E-state index contributed by atoms with van der Waals surface area (Å²) in [5, 5.41) is 0. The van der Waals surface area contributed by atoms with Crippen LogP contribution in [0.2, 0.25) is 0 Å². The van der Waals surface area contributed by atoms with E-state index in [-0.39, 0.29) is 11.3 Å². The Morgan fingerprint density at radius 3 is 2.41 bits per heavy atom. The summed E-state index contributed by atoms with van der Waals surface area (Å²) >= 11 is 0. The largest absolute Gasteiger partial charge is 0.416 e. The fourth-order valence-electron chi connectivity index (χ4n) is 3.27. The summed E-state index contributed by atoms with van der Waals surface area (Å²) in [4.78, 5) is 13.2. The number of likely N-dealkylation sites (tertiary alicyclic amines) is 1. The molecule has 3 rings (SSSR count). The number of rotatable bonds is 2. The van der Waals surface area contributed by atoms with Crippen molar-refractivity contribution in [3.8, 4) is 0 Å². The maximum Gasteiger partial charge on any atom is 0.416 e. The summed E-state index contributed by atoms with van der Waals surface area (Å²) in [6, 6.07) is 5.29. The van der Waals surface area contributed by atoms with E-state index in [0.29, 0.717) is 13.1 Å². The van der Waals surface area contributed by atoms with Crippen LogP contribution >= 0.6 is 0 Å². The van der Waals surface area contributed by atoms with Crippen LogP contribution in [0.1, 0.15) is 24.0 Å². The Hall–Kier alpha value is -2.04. The van der Waals surface area contributed by atoms with E-state index in [0.717, 1.165) is 36.1 Å². The highest BCUT2D eigenvalue weighted by Crippen LogP contribution is 2.48. The Labute approximate surface area is 126 Å². The lowest BCUT2D eigenvalue weighted by Gasteiger charge is -2.48. The van der Waals surface area contributed by atoms with E-state index in [2.05, 4.69) is 12.7 Å². The second kappa shape index (κ2) is 5.00. The van der Waals surface area contributed by atoms with Crippen molar-refractivity contribution in [3.63, 3.8) is 0 Å². The van der Waals surface area contributed by atoms with E-state index < -0.39 is 11.7 Å². The molecule has 1 aromatic rings. The Kier molecular flexibility index (Phi) is 3.38. The Morgan fingerprint density at radius 1 is 1.23 bits per heavy atom. The van der Waals surface area contributed by atoms with Gasteiger partial charge in [-0.3, -0.25) is 4.79 Å². The predicted molar refractivity (Wildman–Crippen MR) is 77.9 cm³/mol. The molecular weight excluding hydrogens is 291 g/mol. The summed E-state index contributed by atoms with van der Waals surface area (Å²) in [6.07, 6.45) is 0.761. The molecule has 1 saturated heterocycles. The summed E-state index contributed by atoms with van der Waals surface area (Å²) < 4.78 is 37.7. The van der Waals surface area contributed by atoms with Crippen LogP contribution in [-0.4, -0.2) is 23.9 Å². The van der Waals surface area contributed by atoms with Gasteiger partial charge >= 0.3 is 6.18 Å². The number of halogens is 3. The van der Waals surface area contributed by atoms with E-state index in [1.165, 1.54) is 18.2 Å². The third kappa shape index (κ3) is 2.56. The van der Waals surface area contributed by atoms with Crippen LogP contribution in [0.4, 0.5) is 13.2 Å². The SMILES string of the molecule is C=CC(=O)N1CC2(CC=C(c3ccc(C(F)(F)F)cc3)C2)C1. The highest BCUT2D eigenvalue weighted by atomic mass is 19.4. The monoisotopic (exact) mass is 307 g/mol. The van der Waals surface area contributed by atoms with E-state index >= 15 is 0 Å². The second-order valence-corrected chi connectivity index (χ2v) is 6.08. The zero-order chi connectivity index (χ0) is 16.0.